The van der Waals surface area contributed by atoms with Gasteiger partial charge in [0.2, 0.25) is 0 Å². The number of likely N-dealkylation sites (N-methyl/N-ethyl adjacent to an activating group) is 1. The molecule has 0 aromatic carbocycles. The summed E-state index contributed by atoms with van der Waals surface area (Å²) >= 11 is 6.22. The number of halogens is 1. The molecule has 1 fully saturated rings. The summed E-state index contributed by atoms with van der Waals surface area (Å²) in [5.74, 6) is 0.495. The second-order valence-corrected chi connectivity index (χ2v) is 4.70. The maximum Gasteiger partial charge on any atom is 0.322 e. The van der Waals surface area contributed by atoms with Gasteiger partial charge in [-0.25, -0.2) is 0 Å². The molecule has 2 heterocycles. The molecule has 1 aromatic heterocycles. The Hall–Kier alpha value is -1.18. The number of nitrogens with zero attached hydrogens (tertiary/aromatic N) is 4. The number of morpholine rings is 1. The van der Waals surface area contributed by atoms with Crippen LogP contribution in [0.2, 0.25) is 0 Å². The van der Waals surface area contributed by atoms with Gasteiger partial charge in [0.15, 0.2) is 11.4 Å². The van der Waals surface area contributed by atoms with Crippen LogP contribution < -0.4 is 9.47 Å². The first kappa shape index (κ1) is 15.2. The molecule has 1 aliphatic heterocycles. The standard InChI is InChI=1S/C12H19ClN4O3/c1-4-18-11-14-10(15-12(16-11)19-5-2)8-9(13)20-7-6-17(8)3/h8-9H,4-7H2,1-3H3. The maximum absolute atomic E-state index is 6.22. The minimum Gasteiger partial charge on any atom is -0.464 e. The fourth-order valence-corrected chi connectivity index (χ4v) is 2.32. The van der Waals surface area contributed by atoms with Crippen LogP contribution >= 0.6 is 11.6 Å². The summed E-state index contributed by atoms with van der Waals surface area (Å²) in [5, 5.41) is 0. The third-order valence-corrected chi connectivity index (χ3v) is 3.23. The van der Waals surface area contributed by atoms with E-state index in [-0.39, 0.29) is 18.1 Å². The van der Waals surface area contributed by atoms with E-state index in [4.69, 9.17) is 25.8 Å². The zero-order chi connectivity index (χ0) is 14.5. The lowest BCUT2D eigenvalue weighted by Gasteiger charge is -2.34. The van der Waals surface area contributed by atoms with Crippen molar-refractivity contribution in [1.29, 1.82) is 0 Å². The van der Waals surface area contributed by atoms with E-state index in [9.17, 15) is 0 Å². The van der Waals surface area contributed by atoms with E-state index in [0.717, 1.165) is 6.54 Å². The number of ether oxygens (including phenoxy) is 3. The highest BCUT2D eigenvalue weighted by Gasteiger charge is 2.33. The molecule has 0 saturated carbocycles. The molecule has 0 N–H and O–H groups in total. The van der Waals surface area contributed by atoms with Gasteiger partial charge < -0.3 is 14.2 Å². The number of rotatable bonds is 5. The van der Waals surface area contributed by atoms with E-state index < -0.39 is 5.56 Å². The smallest absolute Gasteiger partial charge is 0.322 e. The van der Waals surface area contributed by atoms with E-state index in [1.807, 2.05) is 25.8 Å². The van der Waals surface area contributed by atoms with Crippen LogP contribution in [0.1, 0.15) is 25.7 Å². The Bertz CT molecular complexity index is 414. The molecule has 0 radical (unpaired) electrons. The van der Waals surface area contributed by atoms with Crippen molar-refractivity contribution in [2.75, 3.05) is 33.4 Å². The summed E-state index contributed by atoms with van der Waals surface area (Å²) in [6.07, 6.45) is 0. The lowest BCUT2D eigenvalue weighted by molar-refractivity contribution is -0.0234. The Morgan fingerprint density at radius 3 is 2.30 bits per heavy atom. The molecule has 7 nitrogen and oxygen atoms in total. The fraction of sp³-hybridized carbons (Fsp3) is 0.750. The molecule has 1 saturated heterocycles. The molecule has 0 aliphatic carbocycles. The molecular weight excluding hydrogens is 284 g/mol. The van der Waals surface area contributed by atoms with Crippen LogP contribution in [0.15, 0.2) is 0 Å². The van der Waals surface area contributed by atoms with Gasteiger partial charge in [0.25, 0.3) is 0 Å². The lowest BCUT2D eigenvalue weighted by Crippen LogP contribution is -2.41. The van der Waals surface area contributed by atoms with Gasteiger partial charge in [-0.15, -0.1) is 4.98 Å². The molecule has 112 valence electrons. The monoisotopic (exact) mass is 302 g/mol. The number of hydrogen-bond acceptors (Lipinski definition) is 7. The van der Waals surface area contributed by atoms with Gasteiger partial charge in [0, 0.05) is 6.54 Å². The Labute approximate surface area is 123 Å². The minimum absolute atomic E-state index is 0.240. The van der Waals surface area contributed by atoms with Gasteiger partial charge in [-0.2, -0.15) is 9.97 Å². The molecule has 8 heteroatoms. The summed E-state index contributed by atoms with van der Waals surface area (Å²) in [4.78, 5) is 14.7. The van der Waals surface area contributed by atoms with Crippen molar-refractivity contribution in [3.63, 3.8) is 0 Å². The second-order valence-electron chi connectivity index (χ2n) is 4.27. The van der Waals surface area contributed by atoms with Crippen LogP contribution in [0.5, 0.6) is 12.0 Å². The molecular formula is C12H19ClN4O3. The summed E-state index contributed by atoms with van der Waals surface area (Å²) in [6.45, 7) is 6.01. The van der Waals surface area contributed by atoms with Gasteiger partial charge in [-0.3, -0.25) is 4.90 Å². The predicted molar refractivity (Wildman–Crippen MR) is 73.1 cm³/mol. The lowest BCUT2D eigenvalue weighted by atomic mass is 10.2. The minimum atomic E-state index is -0.514. The van der Waals surface area contributed by atoms with Crippen molar-refractivity contribution in [3.8, 4) is 12.0 Å². The topological polar surface area (TPSA) is 69.6 Å². The van der Waals surface area contributed by atoms with Gasteiger partial charge in [0.05, 0.1) is 19.8 Å². The Morgan fingerprint density at radius 1 is 1.20 bits per heavy atom. The SMILES string of the molecule is CCOc1nc(OCC)nc(C2C(Cl)OCCN2C)n1. The molecule has 2 atom stereocenters. The highest BCUT2D eigenvalue weighted by molar-refractivity contribution is 6.20. The molecule has 2 unspecified atom stereocenters. The predicted octanol–water partition coefficient (Wildman–Crippen LogP) is 1.24. The average molecular weight is 303 g/mol. The van der Waals surface area contributed by atoms with Gasteiger partial charge in [-0.05, 0) is 20.9 Å². The first-order valence-corrected chi connectivity index (χ1v) is 7.06. The number of hydrogen-bond donors (Lipinski definition) is 0. The maximum atomic E-state index is 6.22. The summed E-state index contributed by atoms with van der Waals surface area (Å²) in [7, 11) is 1.95. The van der Waals surface area contributed by atoms with Crippen LogP contribution in [-0.2, 0) is 4.74 Å². The summed E-state index contributed by atoms with van der Waals surface area (Å²) in [6, 6.07) is 0.222. The molecule has 1 aliphatic rings. The Kier molecular flexibility index (Phi) is 5.33. The van der Waals surface area contributed by atoms with Gasteiger partial charge in [0.1, 0.15) is 6.04 Å². The van der Waals surface area contributed by atoms with Gasteiger partial charge in [-0.1, -0.05) is 11.6 Å². The zero-order valence-electron chi connectivity index (χ0n) is 11.9. The second kappa shape index (κ2) is 7.01. The molecule has 1 aromatic rings. The molecule has 0 bridgehead atoms. The van der Waals surface area contributed by atoms with Crippen LogP contribution in [-0.4, -0.2) is 58.8 Å². The van der Waals surface area contributed by atoms with Crippen molar-refractivity contribution in [2.24, 2.45) is 0 Å². The first-order chi connectivity index (χ1) is 9.65. The van der Waals surface area contributed by atoms with Crippen molar-refractivity contribution in [2.45, 2.75) is 25.5 Å². The number of aromatic nitrogens is 3. The van der Waals surface area contributed by atoms with E-state index >= 15 is 0 Å². The average Bonchev–Trinajstić information content (AvgIpc) is 2.39. The third-order valence-electron chi connectivity index (χ3n) is 2.87. The van der Waals surface area contributed by atoms with E-state index in [1.165, 1.54) is 0 Å². The quantitative estimate of drug-likeness (QED) is 0.758. The third kappa shape index (κ3) is 3.47. The van der Waals surface area contributed by atoms with E-state index in [2.05, 4.69) is 15.0 Å². The normalized spacial score (nSPS) is 23.6. The molecule has 20 heavy (non-hydrogen) atoms. The largest absolute Gasteiger partial charge is 0.464 e. The van der Waals surface area contributed by atoms with Crippen LogP contribution in [0, 0.1) is 0 Å². The van der Waals surface area contributed by atoms with Crippen molar-refractivity contribution in [1.82, 2.24) is 19.9 Å². The highest BCUT2D eigenvalue weighted by atomic mass is 35.5. The zero-order valence-corrected chi connectivity index (χ0v) is 12.6. The van der Waals surface area contributed by atoms with Crippen molar-refractivity contribution >= 4 is 11.6 Å². The van der Waals surface area contributed by atoms with E-state index in [0.29, 0.717) is 25.6 Å². The number of alkyl halides is 1. The summed E-state index contributed by atoms with van der Waals surface area (Å²) < 4.78 is 16.2. The highest BCUT2D eigenvalue weighted by Crippen LogP contribution is 2.29. The van der Waals surface area contributed by atoms with Crippen molar-refractivity contribution in [3.05, 3.63) is 5.82 Å². The van der Waals surface area contributed by atoms with Gasteiger partial charge >= 0.3 is 12.0 Å². The Morgan fingerprint density at radius 2 is 1.80 bits per heavy atom. The van der Waals surface area contributed by atoms with Crippen LogP contribution in [0.4, 0.5) is 0 Å². The van der Waals surface area contributed by atoms with E-state index in [1.54, 1.807) is 0 Å². The Balaban J connectivity index is 2.32. The molecule has 2 rings (SSSR count). The molecule has 0 amide bonds. The fourth-order valence-electron chi connectivity index (χ4n) is 1.93. The molecule has 0 spiro atoms. The van der Waals surface area contributed by atoms with Crippen molar-refractivity contribution < 1.29 is 14.2 Å². The van der Waals surface area contributed by atoms with Crippen LogP contribution in [0.25, 0.3) is 0 Å². The summed E-state index contributed by atoms with van der Waals surface area (Å²) in [5.41, 5.74) is -0.514. The van der Waals surface area contributed by atoms with Crippen LogP contribution in [0.3, 0.4) is 0 Å². The first-order valence-electron chi connectivity index (χ1n) is 6.63.